The fraction of sp³-hybridized carbons (Fsp3) is 0.519. The van der Waals surface area contributed by atoms with Gasteiger partial charge in [-0.25, -0.2) is 13.6 Å². The van der Waals surface area contributed by atoms with Gasteiger partial charge in [0.05, 0.1) is 19.2 Å². The minimum Gasteiger partial charge on any atom is -0.483 e. The first-order valence-corrected chi connectivity index (χ1v) is 12.5. The zero-order valence-electron chi connectivity index (χ0n) is 20.5. The van der Waals surface area contributed by atoms with Crippen LogP contribution in [0.2, 0.25) is 0 Å². The van der Waals surface area contributed by atoms with Crippen molar-refractivity contribution in [3.05, 3.63) is 63.1 Å². The summed E-state index contributed by atoms with van der Waals surface area (Å²) in [4.78, 5) is 42.1. The molecule has 2 fully saturated rings. The van der Waals surface area contributed by atoms with Gasteiger partial charge in [-0.1, -0.05) is 43.2 Å². The molecule has 3 aliphatic rings. The lowest BCUT2D eigenvalue weighted by molar-refractivity contribution is 0.00124. The van der Waals surface area contributed by atoms with E-state index in [0.717, 1.165) is 18.4 Å². The van der Waals surface area contributed by atoms with E-state index in [0.29, 0.717) is 18.5 Å². The van der Waals surface area contributed by atoms with E-state index in [4.69, 9.17) is 9.47 Å². The van der Waals surface area contributed by atoms with E-state index in [1.807, 2.05) is 30.3 Å². The molecule has 1 amide bonds. The molecule has 1 aromatic carbocycles. The van der Waals surface area contributed by atoms with Gasteiger partial charge in [0.25, 0.3) is 11.8 Å². The Morgan fingerprint density at radius 3 is 2.39 bits per heavy atom. The van der Waals surface area contributed by atoms with Gasteiger partial charge >= 0.3 is 5.97 Å². The molecule has 36 heavy (non-hydrogen) atoms. The molecule has 5 rings (SSSR count). The highest BCUT2D eigenvalue weighted by atomic mass is 19.3. The zero-order valence-corrected chi connectivity index (χ0v) is 20.5. The minimum atomic E-state index is -2.97. The van der Waals surface area contributed by atoms with Gasteiger partial charge in [-0.15, -0.1) is 0 Å². The largest absolute Gasteiger partial charge is 0.483 e. The van der Waals surface area contributed by atoms with Crippen LogP contribution in [0.25, 0.3) is 0 Å². The number of nitrogens with zero attached hydrogens (tertiary/aromatic N) is 2. The minimum absolute atomic E-state index is 0.0177. The third-order valence-electron chi connectivity index (χ3n) is 7.76. The number of hydrogen-bond acceptors (Lipinski definition) is 5. The molecule has 9 heteroatoms. The molecule has 1 aromatic heterocycles. The van der Waals surface area contributed by atoms with Gasteiger partial charge in [-0.3, -0.25) is 9.59 Å². The Balaban J connectivity index is 1.79. The summed E-state index contributed by atoms with van der Waals surface area (Å²) in [6.07, 6.45) is 2.25. The highest BCUT2D eigenvalue weighted by molar-refractivity contribution is 5.99. The molecule has 0 radical (unpaired) electrons. The van der Waals surface area contributed by atoms with Crippen molar-refractivity contribution in [2.24, 2.45) is 0 Å². The average molecular weight is 501 g/mol. The number of methoxy groups -OCH3 is 1. The van der Waals surface area contributed by atoms with Crippen molar-refractivity contribution in [3.63, 3.8) is 0 Å². The number of rotatable bonds is 6. The first-order chi connectivity index (χ1) is 17.3. The second-order valence-electron chi connectivity index (χ2n) is 9.87. The third kappa shape index (κ3) is 3.98. The van der Waals surface area contributed by atoms with Gasteiger partial charge in [0.15, 0.2) is 11.4 Å². The topological polar surface area (TPSA) is 77.8 Å². The van der Waals surface area contributed by atoms with Crippen LogP contribution in [0.4, 0.5) is 8.78 Å². The van der Waals surface area contributed by atoms with Gasteiger partial charge in [-0.2, -0.15) is 0 Å². The van der Waals surface area contributed by atoms with E-state index >= 15 is 0 Å². The first kappa shape index (κ1) is 24.5. The van der Waals surface area contributed by atoms with Gasteiger partial charge in [0.2, 0.25) is 5.43 Å². The van der Waals surface area contributed by atoms with Gasteiger partial charge in [0.1, 0.15) is 12.2 Å². The molecule has 0 N–H and O–H groups in total. The molecule has 2 atom stereocenters. The van der Waals surface area contributed by atoms with Crippen LogP contribution in [0.5, 0.6) is 5.75 Å². The molecule has 2 saturated carbocycles. The number of esters is 1. The number of hydrogen-bond donors (Lipinski definition) is 0. The summed E-state index contributed by atoms with van der Waals surface area (Å²) < 4.78 is 42.2. The molecule has 0 bridgehead atoms. The molecule has 192 valence electrons. The van der Waals surface area contributed by atoms with Crippen LogP contribution in [0, 0.1) is 0 Å². The van der Waals surface area contributed by atoms with E-state index in [-0.39, 0.29) is 36.1 Å². The van der Waals surface area contributed by atoms with Crippen LogP contribution in [0.3, 0.4) is 0 Å². The summed E-state index contributed by atoms with van der Waals surface area (Å²) in [6, 6.07) is 7.59. The van der Waals surface area contributed by atoms with Crippen molar-refractivity contribution in [1.82, 2.24) is 9.47 Å². The van der Waals surface area contributed by atoms with Crippen LogP contribution in [0.15, 0.2) is 35.1 Å². The Bertz CT molecular complexity index is 1240. The number of likely N-dealkylation sites (N-methyl/N-ethyl adjacent to an activating group) is 1. The number of amides is 1. The Morgan fingerprint density at radius 1 is 1.08 bits per heavy atom. The number of pyridine rings is 1. The quantitative estimate of drug-likeness (QED) is 0.538. The molecule has 2 unspecified atom stereocenters. The molecule has 2 heterocycles. The van der Waals surface area contributed by atoms with Crippen molar-refractivity contribution in [2.75, 3.05) is 13.7 Å². The van der Waals surface area contributed by atoms with Crippen molar-refractivity contribution in [1.29, 1.82) is 0 Å². The van der Waals surface area contributed by atoms with Crippen molar-refractivity contribution in [3.8, 4) is 5.75 Å². The SMILES string of the molecule is CCN1C(=O)c2c(OCc3ccccc3)c(=O)c(C(=O)OC)c(C3CCCC3)n2C2CC(F)(F)CC21. The second kappa shape index (κ2) is 9.33. The number of fused-ring (bicyclic) bond motifs is 3. The number of benzene rings is 1. The number of carbonyl (C=O) groups is 2. The van der Waals surface area contributed by atoms with Crippen LogP contribution >= 0.6 is 0 Å². The molecule has 2 aliphatic carbocycles. The fourth-order valence-electron chi connectivity index (χ4n) is 6.21. The lowest BCUT2D eigenvalue weighted by Gasteiger charge is -2.42. The third-order valence-corrected chi connectivity index (χ3v) is 7.76. The monoisotopic (exact) mass is 500 g/mol. The lowest BCUT2D eigenvalue weighted by Crippen LogP contribution is -2.51. The van der Waals surface area contributed by atoms with Crippen LogP contribution in [0.1, 0.15) is 89.5 Å². The highest BCUT2D eigenvalue weighted by Crippen LogP contribution is 2.50. The van der Waals surface area contributed by atoms with Crippen molar-refractivity contribution >= 4 is 11.9 Å². The Kier molecular flexibility index (Phi) is 6.34. The molecule has 2 aromatic rings. The summed E-state index contributed by atoms with van der Waals surface area (Å²) in [7, 11) is 1.19. The number of ether oxygens (including phenoxy) is 2. The molecule has 0 saturated heterocycles. The van der Waals surface area contributed by atoms with E-state index < -0.39 is 48.2 Å². The van der Waals surface area contributed by atoms with E-state index in [2.05, 4.69) is 0 Å². The second-order valence-corrected chi connectivity index (χ2v) is 9.87. The smallest absolute Gasteiger partial charge is 0.343 e. The maximum atomic E-state index is 14.8. The van der Waals surface area contributed by atoms with Crippen LogP contribution in [-0.4, -0.2) is 47.0 Å². The molecular weight excluding hydrogens is 470 g/mol. The normalized spacial score (nSPS) is 22.9. The average Bonchev–Trinajstić information content (AvgIpc) is 3.50. The van der Waals surface area contributed by atoms with Gasteiger partial charge < -0.3 is 18.9 Å². The molecular formula is C27H30F2N2O5. The highest BCUT2D eigenvalue weighted by Gasteiger charge is 2.55. The van der Waals surface area contributed by atoms with Crippen molar-refractivity contribution in [2.45, 2.75) is 76.0 Å². The number of halogens is 2. The number of aromatic nitrogens is 1. The van der Waals surface area contributed by atoms with Crippen molar-refractivity contribution < 1.29 is 27.8 Å². The van der Waals surface area contributed by atoms with Crippen LogP contribution in [-0.2, 0) is 11.3 Å². The summed E-state index contributed by atoms with van der Waals surface area (Å²) in [5.41, 5.74) is 0.145. The molecule has 7 nitrogen and oxygen atoms in total. The van der Waals surface area contributed by atoms with Gasteiger partial charge in [-0.05, 0) is 25.3 Å². The van der Waals surface area contributed by atoms with E-state index in [1.165, 1.54) is 12.0 Å². The first-order valence-electron chi connectivity index (χ1n) is 12.5. The predicted octanol–water partition coefficient (Wildman–Crippen LogP) is 4.69. The zero-order chi connectivity index (χ0) is 25.6. The van der Waals surface area contributed by atoms with E-state index in [9.17, 15) is 23.2 Å². The fourth-order valence-corrected chi connectivity index (χ4v) is 6.21. The Hall–Kier alpha value is -3.23. The lowest BCUT2D eigenvalue weighted by atomic mass is 9.92. The maximum absolute atomic E-state index is 14.8. The summed E-state index contributed by atoms with van der Waals surface area (Å²) >= 11 is 0. The Labute approximate surface area is 208 Å². The number of alkyl halides is 2. The van der Waals surface area contributed by atoms with Crippen LogP contribution < -0.4 is 10.2 Å². The summed E-state index contributed by atoms with van der Waals surface area (Å²) in [5.74, 6) is -4.82. The summed E-state index contributed by atoms with van der Waals surface area (Å²) in [6.45, 7) is 1.94. The molecule has 0 spiro atoms. The van der Waals surface area contributed by atoms with E-state index in [1.54, 1.807) is 11.5 Å². The van der Waals surface area contributed by atoms with Gasteiger partial charge in [0, 0.05) is 31.0 Å². The summed E-state index contributed by atoms with van der Waals surface area (Å²) in [5, 5.41) is 0. The standard InChI is InChI=1S/C27H30F2N2O5/c1-3-30-18-13-27(28,29)14-19(18)31-21(17-11-7-8-12-17)20(26(34)35-2)23(32)24(22(31)25(30)33)36-15-16-9-5-4-6-10-16/h4-6,9-10,17-19H,3,7-8,11-15H2,1-2H3. The maximum Gasteiger partial charge on any atom is 0.343 e. The molecule has 1 aliphatic heterocycles. The number of carbonyl (C=O) groups excluding carboxylic acids is 2. The Morgan fingerprint density at radius 2 is 1.75 bits per heavy atom. The predicted molar refractivity (Wildman–Crippen MR) is 128 cm³/mol.